The molecule has 3 rings (SSSR count). The molecule has 0 atom stereocenters. The van der Waals surface area contributed by atoms with Crippen molar-refractivity contribution in [1.82, 2.24) is 10.1 Å². The van der Waals surface area contributed by atoms with E-state index in [0.717, 1.165) is 10.0 Å². The molecule has 2 aromatic carbocycles. The Balaban J connectivity index is 1.90. The van der Waals surface area contributed by atoms with Crippen LogP contribution in [0, 0.1) is 0 Å². The van der Waals surface area contributed by atoms with Crippen LogP contribution >= 0.6 is 27.5 Å². The molecule has 0 radical (unpaired) electrons. The van der Waals surface area contributed by atoms with Gasteiger partial charge in [-0.1, -0.05) is 50.9 Å². The number of halogens is 2. The first-order chi connectivity index (χ1) is 10.1. The van der Waals surface area contributed by atoms with Crippen molar-refractivity contribution in [2.75, 3.05) is 5.73 Å². The van der Waals surface area contributed by atoms with Crippen LogP contribution < -0.4 is 5.73 Å². The van der Waals surface area contributed by atoms with Gasteiger partial charge in [0.1, 0.15) is 0 Å². The number of benzene rings is 2. The van der Waals surface area contributed by atoms with Gasteiger partial charge in [0.05, 0.1) is 5.56 Å². The summed E-state index contributed by atoms with van der Waals surface area (Å²) >= 11 is 9.53. The summed E-state index contributed by atoms with van der Waals surface area (Å²) in [6.07, 6.45) is 0.511. The molecule has 0 amide bonds. The molecule has 2 N–H and O–H groups in total. The van der Waals surface area contributed by atoms with Gasteiger partial charge >= 0.3 is 0 Å². The summed E-state index contributed by atoms with van der Waals surface area (Å²) in [7, 11) is 0. The molecule has 0 spiro atoms. The highest BCUT2D eigenvalue weighted by atomic mass is 79.9. The SMILES string of the molecule is Nc1ccc(Br)cc1-c1nc(Cc2ccccc2Cl)no1. The van der Waals surface area contributed by atoms with Crippen molar-refractivity contribution in [1.29, 1.82) is 0 Å². The fourth-order valence-electron chi connectivity index (χ4n) is 1.96. The predicted octanol–water partition coefficient (Wildman–Crippen LogP) is 4.33. The molecule has 4 nitrogen and oxygen atoms in total. The first-order valence-electron chi connectivity index (χ1n) is 6.25. The van der Waals surface area contributed by atoms with Crippen molar-refractivity contribution >= 4 is 33.2 Å². The van der Waals surface area contributed by atoms with Gasteiger partial charge in [-0.3, -0.25) is 0 Å². The number of hydrogen-bond acceptors (Lipinski definition) is 4. The molecule has 21 heavy (non-hydrogen) atoms. The van der Waals surface area contributed by atoms with Gasteiger partial charge in [0.15, 0.2) is 5.82 Å². The Labute approximate surface area is 135 Å². The van der Waals surface area contributed by atoms with Gasteiger partial charge < -0.3 is 10.3 Å². The second-order valence-corrected chi connectivity index (χ2v) is 5.84. The Bertz CT molecular complexity index is 788. The van der Waals surface area contributed by atoms with Crippen LogP contribution in [0.5, 0.6) is 0 Å². The zero-order chi connectivity index (χ0) is 14.8. The van der Waals surface area contributed by atoms with E-state index in [1.54, 1.807) is 6.07 Å². The van der Waals surface area contributed by atoms with Gasteiger partial charge in [0.25, 0.3) is 5.89 Å². The third-order valence-corrected chi connectivity index (χ3v) is 3.88. The molecule has 0 fully saturated rings. The second kappa shape index (κ2) is 5.87. The van der Waals surface area contributed by atoms with E-state index in [0.29, 0.717) is 34.4 Å². The minimum Gasteiger partial charge on any atom is -0.398 e. The van der Waals surface area contributed by atoms with Crippen molar-refractivity contribution in [3.8, 4) is 11.5 Å². The van der Waals surface area contributed by atoms with Gasteiger partial charge in [-0.05, 0) is 29.8 Å². The quantitative estimate of drug-likeness (QED) is 0.703. The molecule has 0 bridgehead atoms. The average Bonchev–Trinajstić information content (AvgIpc) is 2.92. The smallest absolute Gasteiger partial charge is 0.260 e. The van der Waals surface area contributed by atoms with Crippen LogP contribution in [-0.2, 0) is 6.42 Å². The van der Waals surface area contributed by atoms with Crippen molar-refractivity contribution in [3.63, 3.8) is 0 Å². The zero-order valence-corrected chi connectivity index (χ0v) is 13.2. The number of nitrogens with two attached hydrogens (primary N) is 1. The molecular weight excluding hydrogens is 354 g/mol. The van der Waals surface area contributed by atoms with Gasteiger partial charge in [-0.25, -0.2) is 0 Å². The molecule has 1 aromatic heterocycles. The number of nitrogens with zero attached hydrogens (tertiary/aromatic N) is 2. The van der Waals surface area contributed by atoms with Crippen molar-refractivity contribution < 1.29 is 4.52 Å². The molecule has 106 valence electrons. The molecule has 0 unspecified atom stereocenters. The zero-order valence-electron chi connectivity index (χ0n) is 10.9. The molecule has 0 aliphatic rings. The lowest BCUT2D eigenvalue weighted by Crippen LogP contribution is -1.93. The lowest BCUT2D eigenvalue weighted by molar-refractivity contribution is 0.424. The second-order valence-electron chi connectivity index (χ2n) is 4.52. The Morgan fingerprint density at radius 1 is 1.19 bits per heavy atom. The molecule has 6 heteroatoms. The molecular formula is C15H11BrClN3O. The minimum absolute atomic E-state index is 0.399. The third-order valence-electron chi connectivity index (χ3n) is 3.02. The summed E-state index contributed by atoms with van der Waals surface area (Å²) in [4.78, 5) is 4.38. The van der Waals surface area contributed by atoms with Crippen molar-refractivity contribution in [2.45, 2.75) is 6.42 Å². The van der Waals surface area contributed by atoms with Crippen LogP contribution in [0.1, 0.15) is 11.4 Å². The van der Waals surface area contributed by atoms with Crippen LogP contribution in [0.2, 0.25) is 5.02 Å². The highest BCUT2D eigenvalue weighted by Gasteiger charge is 2.13. The molecule has 1 heterocycles. The van der Waals surface area contributed by atoms with Crippen LogP contribution in [0.3, 0.4) is 0 Å². The van der Waals surface area contributed by atoms with E-state index in [1.807, 2.05) is 36.4 Å². The highest BCUT2D eigenvalue weighted by molar-refractivity contribution is 9.10. The summed E-state index contributed by atoms with van der Waals surface area (Å²) < 4.78 is 6.19. The Morgan fingerprint density at radius 3 is 2.81 bits per heavy atom. The monoisotopic (exact) mass is 363 g/mol. The van der Waals surface area contributed by atoms with E-state index < -0.39 is 0 Å². The third kappa shape index (κ3) is 3.09. The topological polar surface area (TPSA) is 64.9 Å². The molecule has 0 aliphatic carbocycles. The maximum atomic E-state index is 6.13. The van der Waals surface area contributed by atoms with Gasteiger partial charge in [-0.2, -0.15) is 4.98 Å². The maximum absolute atomic E-state index is 6.13. The van der Waals surface area contributed by atoms with Crippen LogP contribution in [0.15, 0.2) is 51.5 Å². The summed E-state index contributed by atoms with van der Waals surface area (Å²) in [5.74, 6) is 0.966. The number of hydrogen-bond donors (Lipinski definition) is 1. The average molecular weight is 365 g/mol. The molecule has 0 aliphatic heterocycles. The number of rotatable bonds is 3. The summed E-state index contributed by atoms with van der Waals surface area (Å²) in [5.41, 5.74) is 8.19. The Morgan fingerprint density at radius 2 is 2.00 bits per heavy atom. The maximum Gasteiger partial charge on any atom is 0.260 e. The normalized spacial score (nSPS) is 10.8. The first kappa shape index (κ1) is 14.1. The summed E-state index contributed by atoms with van der Waals surface area (Å²) in [6, 6.07) is 13.1. The lowest BCUT2D eigenvalue weighted by atomic mass is 10.1. The fourth-order valence-corrected chi connectivity index (χ4v) is 2.52. The molecule has 0 saturated carbocycles. The van der Waals surface area contributed by atoms with Gasteiger partial charge in [0, 0.05) is 21.6 Å². The standard InChI is InChI=1S/C15H11BrClN3O/c16-10-5-6-13(18)11(8-10)15-19-14(20-21-15)7-9-3-1-2-4-12(9)17/h1-6,8H,7,18H2. The Kier molecular flexibility index (Phi) is 3.94. The largest absolute Gasteiger partial charge is 0.398 e. The minimum atomic E-state index is 0.399. The van der Waals surface area contributed by atoms with Crippen molar-refractivity contribution in [2.24, 2.45) is 0 Å². The van der Waals surface area contributed by atoms with E-state index in [-0.39, 0.29) is 0 Å². The Hall–Kier alpha value is -1.85. The number of aromatic nitrogens is 2. The first-order valence-corrected chi connectivity index (χ1v) is 7.42. The van der Waals surface area contributed by atoms with E-state index >= 15 is 0 Å². The van der Waals surface area contributed by atoms with Crippen LogP contribution in [-0.4, -0.2) is 10.1 Å². The molecule has 0 saturated heterocycles. The highest BCUT2D eigenvalue weighted by Crippen LogP contribution is 2.28. The number of nitrogen functional groups attached to an aromatic ring is 1. The van der Waals surface area contributed by atoms with Crippen LogP contribution in [0.4, 0.5) is 5.69 Å². The molecule has 3 aromatic rings. The summed E-state index contributed by atoms with van der Waals surface area (Å²) in [6.45, 7) is 0. The number of anilines is 1. The van der Waals surface area contributed by atoms with E-state index in [4.69, 9.17) is 21.9 Å². The van der Waals surface area contributed by atoms with E-state index in [9.17, 15) is 0 Å². The van der Waals surface area contributed by atoms with Gasteiger partial charge in [0.2, 0.25) is 0 Å². The van der Waals surface area contributed by atoms with E-state index in [2.05, 4.69) is 26.1 Å². The summed E-state index contributed by atoms with van der Waals surface area (Å²) in [5, 5.41) is 4.67. The lowest BCUT2D eigenvalue weighted by Gasteiger charge is -2.00. The van der Waals surface area contributed by atoms with Crippen molar-refractivity contribution in [3.05, 3.63) is 63.3 Å². The van der Waals surface area contributed by atoms with E-state index in [1.165, 1.54) is 0 Å². The fraction of sp³-hybridized carbons (Fsp3) is 0.0667. The van der Waals surface area contributed by atoms with Gasteiger partial charge in [-0.15, -0.1) is 0 Å². The predicted molar refractivity (Wildman–Crippen MR) is 86.1 cm³/mol. The van der Waals surface area contributed by atoms with Crippen LogP contribution in [0.25, 0.3) is 11.5 Å².